The molecule has 1 rings (SSSR count). The van der Waals surface area contributed by atoms with Crippen LogP contribution < -0.4 is 0 Å². The SMILES string of the molecule is C[PH](C)(C)Cc1ccccc1.F.F. The van der Waals surface area contributed by atoms with E-state index < -0.39 is 7.26 Å². The Balaban J connectivity index is 0. The van der Waals surface area contributed by atoms with Crippen molar-refractivity contribution in [1.29, 1.82) is 0 Å². The molecular weight excluding hydrogens is 189 g/mol. The van der Waals surface area contributed by atoms with E-state index in [0.717, 1.165) is 0 Å². The third-order valence-corrected chi connectivity index (χ3v) is 3.05. The van der Waals surface area contributed by atoms with Gasteiger partial charge in [0.2, 0.25) is 0 Å². The van der Waals surface area contributed by atoms with Crippen LogP contribution in [0.2, 0.25) is 0 Å². The molecule has 13 heavy (non-hydrogen) atoms. The molecule has 0 nitrogen and oxygen atoms in total. The number of hydrogen-bond acceptors (Lipinski definition) is 0. The Bertz CT molecular complexity index is 216. The molecule has 0 saturated carbocycles. The van der Waals surface area contributed by atoms with Crippen LogP contribution in [0.25, 0.3) is 0 Å². The first kappa shape index (κ1) is 15.0. The molecule has 0 bridgehead atoms. The van der Waals surface area contributed by atoms with Gasteiger partial charge >= 0.3 is 69.3 Å². The van der Waals surface area contributed by atoms with Gasteiger partial charge in [0, 0.05) is 0 Å². The predicted molar refractivity (Wildman–Crippen MR) is 61.2 cm³/mol. The Morgan fingerprint density at radius 2 is 1.38 bits per heavy atom. The summed E-state index contributed by atoms with van der Waals surface area (Å²) in [5.74, 6) is 0. The summed E-state index contributed by atoms with van der Waals surface area (Å²) in [4.78, 5) is 0. The molecule has 0 aliphatic carbocycles. The Morgan fingerprint density at radius 1 is 0.923 bits per heavy atom. The summed E-state index contributed by atoms with van der Waals surface area (Å²) in [5, 5.41) is 0. The summed E-state index contributed by atoms with van der Waals surface area (Å²) in [5.41, 5.74) is 1.49. The second-order valence-electron chi connectivity index (χ2n) is 4.22. The van der Waals surface area contributed by atoms with Gasteiger partial charge in [-0.3, -0.25) is 9.41 Å². The molecule has 0 unspecified atom stereocenters. The molecule has 0 N–H and O–H groups in total. The van der Waals surface area contributed by atoms with Gasteiger partial charge in [0.15, 0.2) is 0 Å². The molecule has 0 fully saturated rings. The summed E-state index contributed by atoms with van der Waals surface area (Å²) in [6.45, 7) is 7.21. The standard InChI is InChI=1S/C10H17P.2FH/c1-11(2,3)9-10-7-5-4-6-8-10;;/h4-8,11H,9H2,1-3H3;2*1H. The van der Waals surface area contributed by atoms with E-state index in [1.54, 1.807) is 0 Å². The van der Waals surface area contributed by atoms with Crippen molar-refractivity contribution in [2.45, 2.75) is 6.16 Å². The maximum absolute atomic E-state index is 2.40. The zero-order chi connectivity index (χ0) is 8.32. The zero-order valence-electron chi connectivity index (χ0n) is 8.41. The second kappa shape index (κ2) is 6.04. The minimum Gasteiger partial charge on any atom is -0.269 e. The first-order chi connectivity index (χ1) is 5.08. The molecule has 0 heterocycles. The Morgan fingerprint density at radius 3 is 1.77 bits per heavy atom. The predicted octanol–water partition coefficient (Wildman–Crippen LogP) is 3.13. The van der Waals surface area contributed by atoms with Crippen molar-refractivity contribution >= 4 is 7.26 Å². The van der Waals surface area contributed by atoms with Crippen LogP contribution >= 0.6 is 7.26 Å². The van der Waals surface area contributed by atoms with Crippen molar-refractivity contribution in [3.63, 3.8) is 0 Å². The van der Waals surface area contributed by atoms with Gasteiger partial charge in [-0.05, 0) is 0 Å². The third kappa shape index (κ3) is 6.65. The molecule has 0 radical (unpaired) electrons. The van der Waals surface area contributed by atoms with E-state index in [0.29, 0.717) is 0 Å². The van der Waals surface area contributed by atoms with E-state index in [2.05, 4.69) is 50.3 Å². The summed E-state index contributed by atoms with van der Waals surface area (Å²) < 4.78 is 0. The monoisotopic (exact) mass is 208 g/mol. The first-order valence-corrected chi connectivity index (χ1v) is 7.82. The van der Waals surface area contributed by atoms with Crippen LogP contribution in [0.3, 0.4) is 0 Å². The molecule has 0 aromatic heterocycles. The molecule has 0 spiro atoms. The topological polar surface area (TPSA) is 0 Å². The average molecular weight is 208 g/mol. The van der Waals surface area contributed by atoms with Crippen LogP contribution in [0.15, 0.2) is 30.3 Å². The largest absolute Gasteiger partial charge is 0.269 e. The van der Waals surface area contributed by atoms with Crippen LogP contribution in [0, 0.1) is 0 Å². The van der Waals surface area contributed by atoms with Gasteiger partial charge in [-0.25, -0.2) is 0 Å². The summed E-state index contributed by atoms with van der Waals surface area (Å²) in [6, 6.07) is 10.8. The zero-order valence-corrected chi connectivity index (χ0v) is 9.41. The Kier molecular flexibility index (Phi) is 6.97. The molecule has 1 aromatic rings. The molecule has 78 valence electrons. The van der Waals surface area contributed by atoms with Gasteiger partial charge in [0.1, 0.15) is 0 Å². The Hall–Kier alpha value is -0.490. The molecular formula is C10H19F2P. The van der Waals surface area contributed by atoms with E-state index in [1.807, 2.05) is 0 Å². The van der Waals surface area contributed by atoms with Crippen molar-refractivity contribution in [1.82, 2.24) is 0 Å². The van der Waals surface area contributed by atoms with Crippen LogP contribution in [-0.2, 0) is 6.16 Å². The fraction of sp³-hybridized carbons (Fsp3) is 0.400. The average Bonchev–Trinajstić information content (AvgIpc) is 1.85. The van der Waals surface area contributed by atoms with Gasteiger partial charge in [-0.1, -0.05) is 0 Å². The molecule has 0 aliphatic heterocycles. The second-order valence-corrected chi connectivity index (χ2v) is 9.70. The van der Waals surface area contributed by atoms with Gasteiger partial charge in [0.25, 0.3) is 0 Å². The van der Waals surface area contributed by atoms with E-state index in [1.165, 1.54) is 11.7 Å². The molecule has 0 saturated heterocycles. The van der Waals surface area contributed by atoms with Gasteiger partial charge in [-0.15, -0.1) is 0 Å². The number of hydrogen-bond donors (Lipinski definition) is 0. The van der Waals surface area contributed by atoms with E-state index >= 15 is 0 Å². The van der Waals surface area contributed by atoms with Crippen LogP contribution in [-0.4, -0.2) is 20.0 Å². The third-order valence-electron chi connectivity index (χ3n) is 1.58. The summed E-state index contributed by atoms with van der Waals surface area (Å²) in [7, 11) is -0.898. The normalized spacial score (nSPS) is 11.0. The van der Waals surface area contributed by atoms with Crippen molar-refractivity contribution in [3.8, 4) is 0 Å². The fourth-order valence-corrected chi connectivity index (χ4v) is 2.67. The summed E-state index contributed by atoms with van der Waals surface area (Å²) >= 11 is 0. The van der Waals surface area contributed by atoms with Gasteiger partial charge in [-0.2, -0.15) is 0 Å². The molecule has 1 aromatic carbocycles. The minimum absolute atomic E-state index is 0. The van der Waals surface area contributed by atoms with Crippen molar-refractivity contribution in [2.75, 3.05) is 20.0 Å². The number of halogens is 2. The molecule has 0 aliphatic rings. The minimum atomic E-state index is -0.898. The number of benzene rings is 1. The van der Waals surface area contributed by atoms with Crippen LogP contribution in [0.4, 0.5) is 9.41 Å². The van der Waals surface area contributed by atoms with Crippen molar-refractivity contribution in [2.24, 2.45) is 0 Å². The van der Waals surface area contributed by atoms with E-state index in [-0.39, 0.29) is 9.41 Å². The molecule has 0 atom stereocenters. The van der Waals surface area contributed by atoms with E-state index in [4.69, 9.17) is 0 Å². The first-order valence-electron chi connectivity index (χ1n) is 4.12. The fourth-order valence-electron chi connectivity index (χ4n) is 1.21. The van der Waals surface area contributed by atoms with Crippen LogP contribution in [0.1, 0.15) is 5.56 Å². The molecule has 0 amide bonds. The maximum Gasteiger partial charge on any atom is -0.269 e. The van der Waals surface area contributed by atoms with Crippen LogP contribution in [0.5, 0.6) is 0 Å². The van der Waals surface area contributed by atoms with E-state index in [9.17, 15) is 0 Å². The van der Waals surface area contributed by atoms with Crippen molar-refractivity contribution < 1.29 is 9.41 Å². The maximum atomic E-state index is 2.40. The van der Waals surface area contributed by atoms with Gasteiger partial charge < -0.3 is 0 Å². The number of rotatable bonds is 2. The molecule has 3 heteroatoms. The van der Waals surface area contributed by atoms with Crippen molar-refractivity contribution in [3.05, 3.63) is 35.9 Å². The summed E-state index contributed by atoms with van der Waals surface area (Å²) in [6.07, 6.45) is 1.30. The Labute approximate surface area is 79.4 Å². The van der Waals surface area contributed by atoms with Gasteiger partial charge in [0.05, 0.1) is 0 Å². The quantitative estimate of drug-likeness (QED) is 0.655. The smallest absolute Gasteiger partial charge is 0.269 e.